The summed E-state index contributed by atoms with van der Waals surface area (Å²) in [5.41, 5.74) is 0.449. The van der Waals surface area contributed by atoms with Gasteiger partial charge in [0.1, 0.15) is 0 Å². The molecule has 1 unspecified atom stereocenters. The molecule has 0 amide bonds. The summed E-state index contributed by atoms with van der Waals surface area (Å²) in [5, 5.41) is 9.16. The topological polar surface area (TPSA) is 40.5 Å². The molecule has 1 heterocycles. The smallest absolute Gasteiger partial charge is 0.307 e. The van der Waals surface area contributed by atoms with Gasteiger partial charge in [0.2, 0.25) is 0 Å². The summed E-state index contributed by atoms with van der Waals surface area (Å²) in [7, 11) is 0. The normalized spacial score (nSPS) is 33.0. The van der Waals surface area contributed by atoms with E-state index >= 15 is 0 Å². The molecule has 1 saturated heterocycles. The van der Waals surface area contributed by atoms with Crippen LogP contribution in [0.2, 0.25) is 0 Å². The fourth-order valence-corrected chi connectivity index (χ4v) is 4.00. The number of hydrogen-bond acceptors (Lipinski definition) is 2. The fourth-order valence-electron chi connectivity index (χ4n) is 4.00. The third kappa shape index (κ3) is 4.21. The molecule has 1 aliphatic heterocycles. The average molecular weight is 281 g/mol. The van der Waals surface area contributed by atoms with Crippen molar-refractivity contribution in [1.29, 1.82) is 0 Å². The van der Waals surface area contributed by atoms with Gasteiger partial charge in [-0.3, -0.25) is 4.79 Å². The standard InChI is InChI=1S/C17H31NO2/c1-17(2,3)15-8-6-13(7-9-15)11-18-10-4-5-14(12-18)16(19)20/h13-15H,4-12H2,1-3H3,(H,19,20). The number of carboxylic acids is 1. The zero-order chi connectivity index (χ0) is 14.8. The number of aliphatic carboxylic acids is 1. The van der Waals surface area contributed by atoms with Gasteiger partial charge in [-0.2, -0.15) is 0 Å². The molecule has 1 N–H and O–H groups in total. The summed E-state index contributed by atoms with van der Waals surface area (Å²) in [4.78, 5) is 13.5. The van der Waals surface area contributed by atoms with Gasteiger partial charge in [-0.1, -0.05) is 20.8 Å². The predicted molar refractivity (Wildman–Crippen MR) is 81.7 cm³/mol. The van der Waals surface area contributed by atoms with Crippen molar-refractivity contribution < 1.29 is 9.90 Å². The van der Waals surface area contributed by atoms with Gasteiger partial charge >= 0.3 is 5.97 Å². The van der Waals surface area contributed by atoms with Gasteiger partial charge in [0.15, 0.2) is 0 Å². The average Bonchev–Trinajstić information content (AvgIpc) is 2.38. The Balaban J connectivity index is 1.76. The lowest BCUT2D eigenvalue weighted by Crippen LogP contribution is -2.42. The van der Waals surface area contributed by atoms with Crippen molar-refractivity contribution in [3.8, 4) is 0 Å². The molecule has 1 atom stereocenters. The first-order valence-corrected chi connectivity index (χ1v) is 8.31. The molecule has 0 aromatic carbocycles. The summed E-state index contributed by atoms with van der Waals surface area (Å²) in [6.45, 7) is 10.1. The SMILES string of the molecule is CC(C)(C)C1CCC(CN2CCCC(C(=O)O)C2)CC1. The minimum atomic E-state index is -0.605. The first kappa shape index (κ1) is 15.8. The van der Waals surface area contributed by atoms with Crippen LogP contribution in [0.3, 0.4) is 0 Å². The van der Waals surface area contributed by atoms with E-state index in [0.29, 0.717) is 5.41 Å². The number of carboxylic acid groups (broad SMARTS) is 1. The van der Waals surface area contributed by atoms with Gasteiger partial charge in [-0.25, -0.2) is 0 Å². The molecule has 1 aliphatic carbocycles. The molecule has 2 aliphatic rings. The van der Waals surface area contributed by atoms with Crippen molar-refractivity contribution >= 4 is 5.97 Å². The lowest BCUT2D eigenvalue weighted by molar-refractivity contribution is -0.143. The lowest BCUT2D eigenvalue weighted by Gasteiger charge is -2.39. The maximum absolute atomic E-state index is 11.1. The molecule has 20 heavy (non-hydrogen) atoms. The molecule has 3 nitrogen and oxygen atoms in total. The summed E-state index contributed by atoms with van der Waals surface area (Å²) in [6, 6.07) is 0. The van der Waals surface area contributed by atoms with Gasteiger partial charge < -0.3 is 10.0 Å². The Morgan fingerprint density at radius 2 is 1.80 bits per heavy atom. The summed E-state index contributed by atoms with van der Waals surface area (Å²) in [5.74, 6) is 0.925. The van der Waals surface area contributed by atoms with Crippen LogP contribution in [-0.4, -0.2) is 35.6 Å². The highest BCUT2D eigenvalue weighted by atomic mass is 16.4. The zero-order valence-corrected chi connectivity index (χ0v) is 13.4. The second kappa shape index (κ2) is 6.46. The Morgan fingerprint density at radius 1 is 1.15 bits per heavy atom. The van der Waals surface area contributed by atoms with E-state index in [1.54, 1.807) is 0 Å². The van der Waals surface area contributed by atoms with Gasteiger partial charge in [-0.05, 0) is 62.3 Å². The number of piperidine rings is 1. The molecular weight excluding hydrogens is 250 g/mol. The van der Waals surface area contributed by atoms with E-state index in [9.17, 15) is 4.79 Å². The molecule has 0 bridgehead atoms. The van der Waals surface area contributed by atoms with Crippen LogP contribution in [0.1, 0.15) is 59.3 Å². The van der Waals surface area contributed by atoms with Crippen LogP contribution >= 0.6 is 0 Å². The van der Waals surface area contributed by atoms with Crippen molar-refractivity contribution in [3.63, 3.8) is 0 Å². The monoisotopic (exact) mass is 281 g/mol. The molecular formula is C17H31NO2. The maximum atomic E-state index is 11.1. The van der Waals surface area contributed by atoms with Crippen LogP contribution < -0.4 is 0 Å². The third-order valence-corrected chi connectivity index (χ3v) is 5.44. The number of nitrogens with zero attached hydrogens (tertiary/aromatic N) is 1. The lowest BCUT2D eigenvalue weighted by atomic mass is 9.70. The minimum Gasteiger partial charge on any atom is -0.481 e. The van der Waals surface area contributed by atoms with E-state index in [1.165, 1.54) is 25.7 Å². The Hall–Kier alpha value is -0.570. The van der Waals surface area contributed by atoms with E-state index in [4.69, 9.17) is 5.11 Å². The first-order chi connectivity index (χ1) is 9.36. The largest absolute Gasteiger partial charge is 0.481 e. The van der Waals surface area contributed by atoms with Crippen LogP contribution in [0.5, 0.6) is 0 Å². The maximum Gasteiger partial charge on any atom is 0.307 e. The third-order valence-electron chi connectivity index (χ3n) is 5.44. The molecule has 0 aromatic heterocycles. The van der Waals surface area contributed by atoms with Crippen LogP contribution in [0.25, 0.3) is 0 Å². The molecule has 2 rings (SSSR count). The van der Waals surface area contributed by atoms with Crippen LogP contribution in [0, 0.1) is 23.2 Å². The summed E-state index contributed by atoms with van der Waals surface area (Å²) >= 11 is 0. The van der Waals surface area contributed by atoms with E-state index in [1.807, 2.05) is 0 Å². The van der Waals surface area contributed by atoms with E-state index in [-0.39, 0.29) is 5.92 Å². The van der Waals surface area contributed by atoms with Crippen molar-refractivity contribution in [3.05, 3.63) is 0 Å². The Bertz CT molecular complexity index is 326. The summed E-state index contributed by atoms with van der Waals surface area (Å²) < 4.78 is 0. The van der Waals surface area contributed by atoms with Gasteiger partial charge in [0.25, 0.3) is 0 Å². The fraction of sp³-hybridized carbons (Fsp3) is 0.941. The summed E-state index contributed by atoms with van der Waals surface area (Å²) in [6.07, 6.45) is 7.28. The molecule has 0 radical (unpaired) electrons. The van der Waals surface area contributed by atoms with Gasteiger partial charge in [0.05, 0.1) is 5.92 Å². The van der Waals surface area contributed by atoms with Gasteiger partial charge in [-0.15, -0.1) is 0 Å². The molecule has 0 spiro atoms. The predicted octanol–water partition coefficient (Wildman–Crippen LogP) is 3.64. The molecule has 0 aromatic rings. The van der Waals surface area contributed by atoms with E-state index in [2.05, 4.69) is 25.7 Å². The quantitative estimate of drug-likeness (QED) is 0.858. The van der Waals surface area contributed by atoms with Crippen LogP contribution in [0.15, 0.2) is 0 Å². The first-order valence-electron chi connectivity index (χ1n) is 8.31. The van der Waals surface area contributed by atoms with Crippen LogP contribution in [-0.2, 0) is 4.79 Å². The molecule has 3 heteroatoms. The van der Waals surface area contributed by atoms with Crippen molar-refractivity contribution in [2.24, 2.45) is 23.2 Å². The Kier molecular flexibility index (Phi) is 5.11. The number of likely N-dealkylation sites (tertiary alicyclic amines) is 1. The van der Waals surface area contributed by atoms with E-state index < -0.39 is 5.97 Å². The Labute approximate surface area is 123 Å². The molecule has 1 saturated carbocycles. The number of hydrogen-bond donors (Lipinski definition) is 1. The van der Waals surface area contributed by atoms with Crippen LogP contribution in [0.4, 0.5) is 0 Å². The second-order valence-corrected chi connectivity index (χ2v) is 8.02. The second-order valence-electron chi connectivity index (χ2n) is 8.02. The molecule has 2 fully saturated rings. The minimum absolute atomic E-state index is 0.130. The Morgan fingerprint density at radius 3 is 2.35 bits per heavy atom. The highest BCUT2D eigenvalue weighted by Crippen LogP contribution is 2.40. The highest BCUT2D eigenvalue weighted by molar-refractivity contribution is 5.70. The highest BCUT2D eigenvalue weighted by Gasteiger charge is 2.32. The van der Waals surface area contributed by atoms with Gasteiger partial charge in [0, 0.05) is 13.1 Å². The van der Waals surface area contributed by atoms with Crippen molar-refractivity contribution in [2.75, 3.05) is 19.6 Å². The number of carbonyl (C=O) groups is 1. The van der Waals surface area contributed by atoms with Crippen molar-refractivity contribution in [1.82, 2.24) is 4.90 Å². The zero-order valence-electron chi connectivity index (χ0n) is 13.4. The van der Waals surface area contributed by atoms with E-state index in [0.717, 1.165) is 44.3 Å². The number of rotatable bonds is 3. The van der Waals surface area contributed by atoms with Crippen molar-refractivity contribution in [2.45, 2.75) is 59.3 Å². The molecule has 116 valence electrons.